The summed E-state index contributed by atoms with van der Waals surface area (Å²) in [7, 11) is 1.49. The lowest BCUT2D eigenvalue weighted by molar-refractivity contribution is 0.0690. The van der Waals surface area contributed by atoms with Crippen LogP contribution < -0.4 is 9.47 Å². The second-order valence-electron chi connectivity index (χ2n) is 3.60. The molecule has 2 rings (SSSR count). The third-order valence-corrected chi connectivity index (χ3v) is 2.50. The molecule has 2 aromatic rings. The Hall–Kier alpha value is -2.30. The number of aromatic nitrogens is 1. The normalized spacial score (nSPS) is 10.3. The maximum atomic E-state index is 11.0. The number of hydrogen-bond donors (Lipinski definition) is 1. The molecule has 0 spiro atoms. The number of carboxylic acids is 1. The zero-order valence-corrected chi connectivity index (χ0v) is 10.1. The van der Waals surface area contributed by atoms with Crippen LogP contribution in [0.15, 0.2) is 24.3 Å². The molecule has 0 aliphatic rings. The first-order valence-corrected chi connectivity index (χ1v) is 5.51. The molecule has 0 aliphatic heterocycles. The Morgan fingerprint density at radius 1 is 1.39 bits per heavy atom. The molecule has 0 atom stereocenters. The number of nitrogens with zero attached hydrogens (tertiary/aromatic N) is 1. The van der Waals surface area contributed by atoms with Gasteiger partial charge in [-0.2, -0.15) is 0 Å². The van der Waals surface area contributed by atoms with E-state index in [0.29, 0.717) is 23.6 Å². The Morgan fingerprint density at radius 3 is 2.78 bits per heavy atom. The lowest BCUT2D eigenvalue weighted by atomic mass is 10.1. The second kappa shape index (κ2) is 4.91. The fraction of sp³-hybridized carbons (Fsp3) is 0.231. The lowest BCUT2D eigenvalue weighted by Gasteiger charge is -2.10. The molecule has 94 valence electrons. The maximum Gasteiger partial charge on any atom is 0.354 e. The zero-order valence-electron chi connectivity index (χ0n) is 10.1. The van der Waals surface area contributed by atoms with Gasteiger partial charge in [0, 0.05) is 11.5 Å². The van der Waals surface area contributed by atoms with Crippen molar-refractivity contribution in [2.45, 2.75) is 6.92 Å². The quantitative estimate of drug-likeness (QED) is 0.898. The SMILES string of the molecule is CCOc1cccc2c(OC)cc(C(=O)O)nc12. The molecule has 0 bridgehead atoms. The summed E-state index contributed by atoms with van der Waals surface area (Å²) in [6.07, 6.45) is 0. The van der Waals surface area contributed by atoms with E-state index in [-0.39, 0.29) is 5.69 Å². The summed E-state index contributed by atoms with van der Waals surface area (Å²) >= 11 is 0. The van der Waals surface area contributed by atoms with Crippen LogP contribution in [0.5, 0.6) is 11.5 Å². The molecule has 0 saturated carbocycles. The van der Waals surface area contributed by atoms with Crippen molar-refractivity contribution in [2.24, 2.45) is 0 Å². The van der Waals surface area contributed by atoms with Gasteiger partial charge >= 0.3 is 5.97 Å². The summed E-state index contributed by atoms with van der Waals surface area (Å²) < 4.78 is 10.6. The van der Waals surface area contributed by atoms with Gasteiger partial charge in [0.05, 0.1) is 13.7 Å². The molecule has 0 unspecified atom stereocenters. The van der Waals surface area contributed by atoms with Crippen LogP contribution in [0.25, 0.3) is 10.9 Å². The predicted molar refractivity (Wildman–Crippen MR) is 66.4 cm³/mol. The Balaban J connectivity index is 2.75. The largest absolute Gasteiger partial charge is 0.496 e. The molecule has 0 saturated heterocycles. The smallest absolute Gasteiger partial charge is 0.354 e. The molecule has 0 amide bonds. The fourth-order valence-corrected chi connectivity index (χ4v) is 1.74. The summed E-state index contributed by atoms with van der Waals surface area (Å²) in [4.78, 5) is 15.1. The monoisotopic (exact) mass is 247 g/mol. The number of methoxy groups -OCH3 is 1. The topological polar surface area (TPSA) is 68.7 Å². The van der Waals surface area contributed by atoms with Gasteiger partial charge in [0.1, 0.15) is 17.0 Å². The molecule has 1 aromatic carbocycles. The van der Waals surface area contributed by atoms with Crippen molar-refractivity contribution >= 4 is 16.9 Å². The number of fused-ring (bicyclic) bond motifs is 1. The van der Waals surface area contributed by atoms with E-state index in [2.05, 4.69) is 4.98 Å². The van der Waals surface area contributed by atoms with Crippen LogP contribution >= 0.6 is 0 Å². The maximum absolute atomic E-state index is 11.0. The summed E-state index contributed by atoms with van der Waals surface area (Å²) in [6.45, 7) is 2.34. The molecule has 5 nitrogen and oxygen atoms in total. The Bertz CT molecular complexity index is 595. The highest BCUT2D eigenvalue weighted by molar-refractivity contribution is 5.95. The van der Waals surface area contributed by atoms with Crippen molar-refractivity contribution in [3.05, 3.63) is 30.0 Å². The summed E-state index contributed by atoms with van der Waals surface area (Å²) in [5, 5.41) is 9.76. The van der Waals surface area contributed by atoms with E-state index in [1.165, 1.54) is 13.2 Å². The summed E-state index contributed by atoms with van der Waals surface area (Å²) in [6, 6.07) is 6.79. The predicted octanol–water partition coefficient (Wildman–Crippen LogP) is 2.34. The number of benzene rings is 1. The van der Waals surface area contributed by atoms with E-state index < -0.39 is 5.97 Å². The van der Waals surface area contributed by atoms with Gasteiger partial charge in [0.25, 0.3) is 0 Å². The molecular formula is C13H13NO4. The van der Waals surface area contributed by atoms with Gasteiger partial charge < -0.3 is 14.6 Å². The van der Waals surface area contributed by atoms with Crippen molar-refractivity contribution in [1.29, 1.82) is 0 Å². The van der Waals surface area contributed by atoms with Gasteiger partial charge in [0.15, 0.2) is 5.69 Å². The summed E-state index contributed by atoms with van der Waals surface area (Å²) in [5.74, 6) is -0.0724. The van der Waals surface area contributed by atoms with Crippen LogP contribution in [0.2, 0.25) is 0 Å². The van der Waals surface area contributed by atoms with Crippen molar-refractivity contribution < 1.29 is 19.4 Å². The standard InChI is InChI=1S/C13H13NO4/c1-3-18-10-6-4-5-8-11(17-2)7-9(13(15)16)14-12(8)10/h4-7H,3H2,1-2H3,(H,15,16). The highest BCUT2D eigenvalue weighted by Gasteiger charge is 2.14. The van der Waals surface area contributed by atoms with Crippen molar-refractivity contribution in [3.63, 3.8) is 0 Å². The highest BCUT2D eigenvalue weighted by Crippen LogP contribution is 2.31. The molecule has 0 aliphatic carbocycles. The Labute approximate surface area is 104 Å². The average molecular weight is 247 g/mol. The van der Waals surface area contributed by atoms with E-state index in [0.717, 1.165) is 5.39 Å². The fourth-order valence-electron chi connectivity index (χ4n) is 1.74. The van der Waals surface area contributed by atoms with E-state index >= 15 is 0 Å². The van der Waals surface area contributed by atoms with Gasteiger partial charge in [-0.15, -0.1) is 0 Å². The Morgan fingerprint density at radius 2 is 2.17 bits per heavy atom. The zero-order chi connectivity index (χ0) is 13.1. The van der Waals surface area contributed by atoms with E-state index in [4.69, 9.17) is 14.6 Å². The van der Waals surface area contributed by atoms with Crippen LogP contribution in [0, 0.1) is 0 Å². The minimum absolute atomic E-state index is 0.0634. The van der Waals surface area contributed by atoms with E-state index in [1.807, 2.05) is 19.1 Å². The first-order valence-electron chi connectivity index (χ1n) is 5.51. The lowest BCUT2D eigenvalue weighted by Crippen LogP contribution is -2.03. The number of pyridine rings is 1. The molecular weight excluding hydrogens is 234 g/mol. The third kappa shape index (κ3) is 2.07. The van der Waals surface area contributed by atoms with Crippen molar-refractivity contribution in [2.75, 3.05) is 13.7 Å². The van der Waals surface area contributed by atoms with E-state index in [1.54, 1.807) is 6.07 Å². The Kier molecular flexibility index (Phi) is 3.32. The van der Waals surface area contributed by atoms with E-state index in [9.17, 15) is 4.79 Å². The van der Waals surface area contributed by atoms with Crippen LogP contribution in [-0.4, -0.2) is 29.8 Å². The number of para-hydroxylation sites is 1. The summed E-state index contributed by atoms with van der Waals surface area (Å²) in [5.41, 5.74) is 0.433. The van der Waals surface area contributed by atoms with Crippen LogP contribution in [0.3, 0.4) is 0 Å². The average Bonchev–Trinajstić information content (AvgIpc) is 2.38. The minimum Gasteiger partial charge on any atom is -0.496 e. The molecule has 1 aromatic heterocycles. The molecule has 0 radical (unpaired) electrons. The van der Waals surface area contributed by atoms with Crippen LogP contribution in [-0.2, 0) is 0 Å². The van der Waals surface area contributed by atoms with Gasteiger partial charge in [-0.1, -0.05) is 6.07 Å². The third-order valence-electron chi connectivity index (χ3n) is 2.50. The first kappa shape index (κ1) is 12.2. The second-order valence-corrected chi connectivity index (χ2v) is 3.60. The number of aromatic carboxylic acids is 1. The number of hydrogen-bond acceptors (Lipinski definition) is 4. The highest BCUT2D eigenvalue weighted by atomic mass is 16.5. The molecule has 5 heteroatoms. The molecule has 1 N–H and O–H groups in total. The van der Waals surface area contributed by atoms with Crippen LogP contribution in [0.1, 0.15) is 17.4 Å². The molecule has 18 heavy (non-hydrogen) atoms. The van der Waals surface area contributed by atoms with Gasteiger partial charge in [0.2, 0.25) is 0 Å². The van der Waals surface area contributed by atoms with Crippen LogP contribution in [0.4, 0.5) is 0 Å². The van der Waals surface area contributed by atoms with Gasteiger partial charge in [-0.05, 0) is 19.1 Å². The van der Waals surface area contributed by atoms with Crippen molar-refractivity contribution in [1.82, 2.24) is 4.98 Å². The number of carbonyl (C=O) groups is 1. The molecule has 1 heterocycles. The first-order chi connectivity index (χ1) is 8.67. The number of ether oxygens (including phenoxy) is 2. The number of rotatable bonds is 4. The minimum atomic E-state index is -1.10. The molecule has 0 fully saturated rings. The van der Waals surface area contributed by atoms with Crippen molar-refractivity contribution in [3.8, 4) is 11.5 Å². The van der Waals surface area contributed by atoms with Gasteiger partial charge in [-0.3, -0.25) is 0 Å². The van der Waals surface area contributed by atoms with Gasteiger partial charge in [-0.25, -0.2) is 9.78 Å². The number of carboxylic acid groups (broad SMARTS) is 1.